The predicted molar refractivity (Wildman–Crippen MR) is 132 cm³/mol. The largest absolute Gasteiger partial charge is 0.454 e. The number of aromatic nitrogens is 1. The molecule has 1 N–H and O–H groups in total. The average molecular weight is 477 g/mol. The number of Topliss-reactive ketones (excluding diaryl/α,β-unsaturated/α-hetero) is 1. The summed E-state index contributed by atoms with van der Waals surface area (Å²) >= 11 is 1.41. The Hall–Kier alpha value is -3.45. The molecule has 0 radical (unpaired) electrons. The van der Waals surface area contributed by atoms with Crippen LogP contribution in [0.15, 0.2) is 70.7 Å². The van der Waals surface area contributed by atoms with Gasteiger partial charge in [-0.2, -0.15) is 0 Å². The van der Waals surface area contributed by atoms with Crippen molar-refractivity contribution in [2.75, 3.05) is 13.2 Å². The second-order valence-corrected chi connectivity index (χ2v) is 9.04. The number of carbonyl (C=O) groups is 3. The van der Waals surface area contributed by atoms with Crippen LogP contribution in [0.1, 0.15) is 50.8 Å². The summed E-state index contributed by atoms with van der Waals surface area (Å²) in [7, 11) is 0. The molecular weight excluding hydrogens is 448 g/mol. The van der Waals surface area contributed by atoms with E-state index in [9.17, 15) is 14.4 Å². The molecular formula is C27H28N2O4S. The Balaban J connectivity index is 1.58. The zero-order valence-electron chi connectivity index (χ0n) is 19.6. The number of pyridine rings is 1. The van der Waals surface area contributed by atoms with Crippen molar-refractivity contribution in [2.24, 2.45) is 0 Å². The summed E-state index contributed by atoms with van der Waals surface area (Å²) < 4.78 is 5.33. The van der Waals surface area contributed by atoms with Gasteiger partial charge in [0.25, 0.3) is 0 Å². The second-order valence-electron chi connectivity index (χ2n) is 8.01. The summed E-state index contributed by atoms with van der Waals surface area (Å²) in [5, 5.41) is 3.30. The maximum atomic E-state index is 12.7. The molecule has 0 atom stereocenters. The Bertz CT molecular complexity index is 1180. The minimum absolute atomic E-state index is 0.0437. The molecule has 0 saturated carbocycles. The minimum Gasteiger partial charge on any atom is -0.454 e. The number of ketones is 1. The van der Waals surface area contributed by atoms with Crippen LogP contribution < -0.4 is 5.32 Å². The van der Waals surface area contributed by atoms with Crippen LogP contribution in [0.5, 0.6) is 0 Å². The van der Waals surface area contributed by atoms with Gasteiger partial charge in [-0.1, -0.05) is 48.2 Å². The number of esters is 1. The summed E-state index contributed by atoms with van der Waals surface area (Å²) in [6, 6.07) is 16.7. The lowest BCUT2D eigenvalue weighted by atomic mass is 10.1. The molecule has 2 aromatic carbocycles. The van der Waals surface area contributed by atoms with Crippen molar-refractivity contribution >= 4 is 29.4 Å². The van der Waals surface area contributed by atoms with Gasteiger partial charge >= 0.3 is 5.97 Å². The molecule has 0 bridgehead atoms. The summed E-state index contributed by atoms with van der Waals surface area (Å²) in [6.07, 6.45) is 3.25. The van der Waals surface area contributed by atoms with Gasteiger partial charge in [0.05, 0.1) is 5.56 Å². The monoisotopic (exact) mass is 476 g/mol. The molecule has 1 amide bonds. The van der Waals surface area contributed by atoms with Crippen molar-refractivity contribution in [2.45, 2.75) is 43.5 Å². The van der Waals surface area contributed by atoms with Crippen molar-refractivity contribution in [3.63, 3.8) is 0 Å². The second kappa shape index (κ2) is 12.1. The molecule has 0 fully saturated rings. The fraction of sp³-hybridized carbons (Fsp3) is 0.259. The molecule has 0 unspecified atom stereocenters. The number of amides is 1. The summed E-state index contributed by atoms with van der Waals surface area (Å²) in [5.74, 6) is -0.896. The number of hydrogen-bond donors (Lipinski definition) is 1. The third-order valence-electron chi connectivity index (χ3n) is 5.17. The van der Waals surface area contributed by atoms with Crippen molar-refractivity contribution in [1.82, 2.24) is 10.3 Å². The zero-order chi connectivity index (χ0) is 24.5. The molecule has 3 rings (SSSR count). The van der Waals surface area contributed by atoms with Gasteiger partial charge in [0.15, 0.2) is 12.4 Å². The lowest BCUT2D eigenvalue weighted by molar-refractivity contribution is -0.118. The molecule has 0 spiro atoms. The van der Waals surface area contributed by atoms with E-state index in [-0.39, 0.29) is 18.3 Å². The number of rotatable bonds is 10. The van der Waals surface area contributed by atoms with E-state index < -0.39 is 5.97 Å². The highest BCUT2D eigenvalue weighted by Crippen LogP contribution is 2.32. The first-order valence-corrected chi connectivity index (χ1v) is 11.9. The quantitative estimate of drug-likeness (QED) is 0.253. The predicted octanol–water partition coefficient (Wildman–Crippen LogP) is 4.96. The van der Waals surface area contributed by atoms with Crippen LogP contribution in [0.25, 0.3) is 0 Å². The van der Waals surface area contributed by atoms with Gasteiger partial charge in [0, 0.05) is 30.1 Å². The molecule has 1 heterocycles. The smallest absolute Gasteiger partial charge is 0.341 e. The third-order valence-corrected chi connectivity index (χ3v) is 6.35. The summed E-state index contributed by atoms with van der Waals surface area (Å²) in [4.78, 5) is 41.6. The van der Waals surface area contributed by atoms with Crippen molar-refractivity contribution in [3.05, 3.63) is 88.6 Å². The van der Waals surface area contributed by atoms with Gasteiger partial charge in [0.2, 0.25) is 5.91 Å². The van der Waals surface area contributed by atoms with E-state index in [0.717, 1.165) is 34.4 Å². The van der Waals surface area contributed by atoms with Gasteiger partial charge in [-0.3, -0.25) is 9.59 Å². The Morgan fingerprint density at radius 3 is 2.53 bits per heavy atom. The van der Waals surface area contributed by atoms with Gasteiger partial charge in [-0.15, -0.1) is 0 Å². The van der Waals surface area contributed by atoms with Crippen LogP contribution in [0.2, 0.25) is 0 Å². The molecule has 0 saturated heterocycles. The van der Waals surface area contributed by atoms with Crippen LogP contribution in [0.4, 0.5) is 0 Å². The van der Waals surface area contributed by atoms with E-state index in [2.05, 4.69) is 16.4 Å². The standard InChI is InChI=1S/C27H28N2O4S/c1-18-8-9-19(2)25(16-18)34-26-23(7-5-15-29-26)27(32)33-17-24(31)22-12-10-21(11-13-22)6-4-14-28-20(3)30/h5,7-13,15-16H,4,6,14,17H2,1-3H3,(H,28,30). The zero-order valence-corrected chi connectivity index (χ0v) is 20.4. The van der Waals surface area contributed by atoms with Crippen LogP contribution in [-0.4, -0.2) is 35.8 Å². The van der Waals surface area contributed by atoms with Crippen LogP contribution >= 0.6 is 11.8 Å². The molecule has 0 aliphatic carbocycles. The van der Waals surface area contributed by atoms with E-state index >= 15 is 0 Å². The molecule has 7 heteroatoms. The summed E-state index contributed by atoms with van der Waals surface area (Å²) in [5.41, 5.74) is 4.10. The summed E-state index contributed by atoms with van der Waals surface area (Å²) in [6.45, 7) is 5.79. The molecule has 0 aliphatic heterocycles. The van der Waals surface area contributed by atoms with Gasteiger partial charge in [-0.05, 0) is 61.6 Å². The maximum Gasteiger partial charge on any atom is 0.341 e. The highest BCUT2D eigenvalue weighted by molar-refractivity contribution is 7.99. The van der Waals surface area contributed by atoms with E-state index in [1.54, 1.807) is 30.5 Å². The Morgan fingerprint density at radius 2 is 1.79 bits per heavy atom. The highest BCUT2D eigenvalue weighted by Gasteiger charge is 2.17. The average Bonchev–Trinajstić information content (AvgIpc) is 2.83. The molecule has 0 aliphatic rings. The number of aryl methyl sites for hydroxylation is 3. The number of benzene rings is 2. The Labute approximate surface area is 204 Å². The molecule has 3 aromatic rings. The van der Waals surface area contributed by atoms with Crippen molar-refractivity contribution in [3.8, 4) is 0 Å². The fourth-order valence-corrected chi connectivity index (χ4v) is 4.31. The maximum absolute atomic E-state index is 12.7. The number of ether oxygens (including phenoxy) is 1. The normalized spacial score (nSPS) is 10.6. The van der Waals surface area contributed by atoms with Crippen LogP contribution in [0, 0.1) is 13.8 Å². The Morgan fingerprint density at radius 1 is 1.03 bits per heavy atom. The molecule has 6 nitrogen and oxygen atoms in total. The first-order valence-electron chi connectivity index (χ1n) is 11.1. The van der Waals surface area contributed by atoms with Crippen LogP contribution in [0.3, 0.4) is 0 Å². The van der Waals surface area contributed by atoms with E-state index in [0.29, 0.717) is 22.7 Å². The third kappa shape index (κ3) is 7.28. The fourth-order valence-electron chi connectivity index (χ4n) is 3.26. The van der Waals surface area contributed by atoms with Gasteiger partial charge < -0.3 is 10.1 Å². The van der Waals surface area contributed by atoms with E-state index in [1.807, 2.05) is 38.1 Å². The van der Waals surface area contributed by atoms with E-state index in [1.165, 1.54) is 18.7 Å². The van der Waals surface area contributed by atoms with Crippen LogP contribution in [-0.2, 0) is 16.0 Å². The SMILES string of the molecule is CC(=O)NCCCc1ccc(C(=O)COC(=O)c2cccnc2Sc2cc(C)ccc2C)cc1. The first-order chi connectivity index (χ1) is 16.3. The van der Waals surface area contributed by atoms with Crippen molar-refractivity contribution < 1.29 is 19.1 Å². The number of nitrogens with zero attached hydrogens (tertiary/aromatic N) is 1. The highest BCUT2D eigenvalue weighted by atomic mass is 32.2. The van der Waals surface area contributed by atoms with Crippen molar-refractivity contribution in [1.29, 1.82) is 0 Å². The lowest BCUT2D eigenvalue weighted by Crippen LogP contribution is -2.21. The molecule has 34 heavy (non-hydrogen) atoms. The van der Waals surface area contributed by atoms with Gasteiger partial charge in [-0.25, -0.2) is 9.78 Å². The molecule has 176 valence electrons. The topological polar surface area (TPSA) is 85.4 Å². The number of hydrogen-bond acceptors (Lipinski definition) is 6. The van der Waals surface area contributed by atoms with Gasteiger partial charge in [0.1, 0.15) is 5.03 Å². The lowest BCUT2D eigenvalue weighted by Gasteiger charge is -2.10. The molecule has 1 aromatic heterocycles. The van der Waals surface area contributed by atoms with E-state index in [4.69, 9.17) is 4.74 Å². The number of carbonyl (C=O) groups excluding carboxylic acids is 3. The minimum atomic E-state index is -0.580. The number of nitrogens with one attached hydrogen (secondary N) is 1. The first kappa shape index (κ1) is 25.2. The Kier molecular flexibility index (Phi) is 8.99.